The zero-order chi connectivity index (χ0) is 23.4. The average Bonchev–Trinajstić information content (AvgIpc) is 3.10. The summed E-state index contributed by atoms with van der Waals surface area (Å²) in [5, 5.41) is 8.10. The third-order valence-electron chi connectivity index (χ3n) is 6.56. The van der Waals surface area contributed by atoms with Crippen LogP contribution in [-0.2, 0) is 28.9 Å². The van der Waals surface area contributed by atoms with Gasteiger partial charge in [-0.2, -0.15) is 5.10 Å². The molecule has 2 aliphatic rings. The lowest BCUT2D eigenvalue weighted by Gasteiger charge is -2.36. The minimum atomic E-state index is -0.493. The maximum atomic E-state index is 12.9. The lowest BCUT2D eigenvalue weighted by Crippen LogP contribution is -2.40. The van der Waals surface area contributed by atoms with Crippen molar-refractivity contribution in [2.45, 2.75) is 45.6 Å². The van der Waals surface area contributed by atoms with Gasteiger partial charge in [-0.1, -0.05) is 24.6 Å². The van der Waals surface area contributed by atoms with Crippen molar-refractivity contribution >= 4 is 23.5 Å². The maximum absolute atomic E-state index is 12.9. The molecule has 0 aliphatic carbocycles. The SMILES string of the molecule is CCc1nn(CCCOC(=O)c2cccc(OC)c2Cl)c2c1C(=O)NCC1(CCOCC1)C2. The van der Waals surface area contributed by atoms with Crippen LogP contribution in [0.25, 0.3) is 0 Å². The normalized spacial score (nSPS) is 17.2. The first-order valence-corrected chi connectivity index (χ1v) is 11.8. The largest absolute Gasteiger partial charge is 0.495 e. The van der Waals surface area contributed by atoms with Crippen LogP contribution >= 0.6 is 11.6 Å². The molecule has 1 N–H and O–H groups in total. The van der Waals surface area contributed by atoms with Crippen LogP contribution in [0.4, 0.5) is 0 Å². The van der Waals surface area contributed by atoms with E-state index in [-0.39, 0.29) is 28.5 Å². The van der Waals surface area contributed by atoms with E-state index in [1.165, 1.54) is 7.11 Å². The average molecular weight is 476 g/mol. The number of hydrogen-bond acceptors (Lipinski definition) is 6. The number of methoxy groups -OCH3 is 1. The number of aromatic nitrogens is 2. The van der Waals surface area contributed by atoms with Gasteiger partial charge in [0.05, 0.1) is 41.3 Å². The second-order valence-corrected chi connectivity index (χ2v) is 9.01. The Balaban J connectivity index is 1.45. The molecule has 1 amide bonds. The van der Waals surface area contributed by atoms with Crippen LogP contribution in [0.15, 0.2) is 18.2 Å². The third-order valence-corrected chi connectivity index (χ3v) is 6.95. The van der Waals surface area contributed by atoms with Crippen molar-refractivity contribution in [1.82, 2.24) is 15.1 Å². The zero-order valence-electron chi connectivity index (χ0n) is 19.1. The number of rotatable bonds is 7. The third kappa shape index (κ3) is 4.87. The van der Waals surface area contributed by atoms with Crippen molar-refractivity contribution in [3.63, 3.8) is 0 Å². The Bertz CT molecular complexity index is 1030. The fraction of sp³-hybridized carbons (Fsp3) is 0.542. The summed E-state index contributed by atoms with van der Waals surface area (Å²) in [4.78, 5) is 25.4. The lowest BCUT2D eigenvalue weighted by molar-refractivity contribution is 0.0152. The summed E-state index contributed by atoms with van der Waals surface area (Å²) >= 11 is 6.22. The van der Waals surface area contributed by atoms with E-state index < -0.39 is 5.97 Å². The molecule has 1 spiro atoms. The van der Waals surface area contributed by atoms with Crippen LogP contribution < -0.4 is 10.1 Å². The number of ether oxygens (including phenoxy) is 3. The molecule has 9 heteroatoms. The number of fused-ring (bicyclic) bond motifs is 1. The summed E-state index contributed by atoms with van der Waals surface area (Å²) in [5.74, 6) is -0.110. The van der Waals surface area contributed by atoms with Crippen LogP contribution in [-0.4, -0.2) is 55.1 Å². The van der Waals surface area contributed by atoms with Gasteiger partial charge < -0.3 is 19.5 Å². The number of hydrogen-bond donors (Lipinski definition) is 1. The molecule has 0 radical (unpaired) electrons. The summed E-state index contributed by atoms with van der Waals surface area (Å²) in [5.41, 5.74) is 2.77. The van der Waals surface area contributed by atoms with E-state index in [2.05, 4.69) is 5.32 Å². The molecular weight excluding hydrogens is 446 g/mol. The van der Waals surface area contributed by atoms with Gasteiger partial charge in [-0.3, -0.25) is 9.48 Å². The fourth-order valence-electron chi connectivity index (χ4n) is 4.64. The molecule has 2 aliphatic heterocycles. The van der Waals surface area contributed by atoms with E-state index in [9.17, 15) is 9.59 Å². The minimum Gasteiger partial charge on any atom is -0.495 e. The number of nitrogens with one attached hydrogen (secondary N) is 1. The van der Waals surface area contributed by atoms with E-state index >= 15 is 0 Å². The highest BCUT2D eigenvalue weighted by atomic mass is 35.5. The molecule has 4 rings (SSSR count). The van der Waals surface area contributed by atoms with Gasteiger partial charge in [-0.05, 0) is 43.2 Å². The van der Waals surface area contributed by atoms with Gasteiger partial charge in [0.15, 0.2) is 0 Å². The molecule has 0 unspecified atom stereocenters. The van der Waals surface area contributed by atoms with Crippen molar-refractivity contribution in [3.8, 4) is 5.75 Å². The Kier molecular flexibility index (Phi) is 7.24. The van der Waals surface area contributed by atoms with E-state index in [4.69, 9.17) is 30.9 Å². The summed E-state index contributed by atoms with van der Waals surface area (Å²) < 4.78 is 18.1. The number of carbonyl (C=O) groups excluding carboxylic acids is 2. The molecule has 0 bridgehead atoms. The van der Waals surface area contributed by atoms with Crippen molar-refractivity contribution in [2.75, 3.05) is 33.5 Å². The molecule has 1 aromatic heterocycles. The van der Waals surface area contributed by atoms with E-state index in [1.807, 2.05) is 11.6 Å². The first kappa shape index (κ1) is 23.6. The maximum Gasteiger partial charge on any atom is 0.339 e. The molecule has 1 fully saturated rings. The number of esters is 1. The number of carbonyl (C=O) groups is 2. The van der Waals surface area contributed by atoms with E-state index in [0.29, 0.717) is 50.5 Å². The molecule has 0 saturated carbocycles. The molecule has 33 heavy (non-hydrogen) atoms. The van der Waals surface area contributed by atoms with Gasteiger partial charge in [0.25, 0.3) is 5.91 Å². The zero-order valence-corrected chi connectivity index (χ0v) is 19.9. The number of benzene rings is 1. The monoisotopic (exact) mass is 475 g/mol. The quantitative estimate of drug-likeness (QED) is 0.487. The van der Waals surface area contributed by atoms with Gasteiger partial charge in [0.2, 0.25) is 0 Å². The molecule has 8 nitrogen and oxygen atoms in total. The van der Waals surface area contributed by atoms with Crippen molar-refractivity contribution in [3.05, 3.63) is 45.7 Å². The Hall–Kier alpha value is -2.58. The van der Waals surface area contributed by atoms with E-state index in [0.717, 1.165) is 30.7 Å². The van der Waals surface area contributed by atoms with Crippen molar-refractivity contribution < 1.29 is 23.8 Å². The Morgan fingerprint density at radius 2 is 2.12 bits per heavy atom. The molecule has 1 aromatic carbocycles. The smallest absolute Gasteiger partial charge is 0.339 e. The topological polar surface area (TPSA) is 91.7 Å². The molecule has 1 saturated heterocycles. The molecule has 3 heterocycles. The van der Waals surface area contributed by atoms with Gasteiger partial charge in [-0.15, -0.1) is 0 Å². The first-order valence-electron chi connectivity index (χ1n) is 11.4. The number of halogens is 1. The van der Waals surface area contributed by atoms with Crippen LogP contribution in [0, 0.1) is 5.41 Å². The van der Waals surface area contributed by atoms with Crippen molar-refractivity contribution in [2.24, 2.45) is 5.41 Å². The summed E-state index contributed by atoms with van der Waals surface area (Å²) in [6, 6.07) is 5.00. The predicted octanol–water partition coefficient (Wildman–Crippen LogP) is 3.44. The highest BCUT2D eigenvalue weighted by Crippen LogP contribution is 2.37. The summed E-state index contributed by atoms with van der Waals surface area (Å²) in [7, 11) is 1.50. The summed E-state index contributed by atoms with van der Waals surface area (Å²) in [6.45, 7) is 4.86. The highest BCUT2D eigenvalue weighted by molar-refractivity contribution is 6.35. The minimum absolute atomic E-state index is 0.00245. The molecular formula is C24H30ClN3O5. The van der Waals surface area contributed by atoms with Gasteiger partial charge in [-0.25, -0.2) is 4.79 Å². The van der Waals surface area contributed by atoms with Crippen molar-refractivity contribution in [1.29, 1.82) is 0 Å². The number of amides is 1. The Morgan fingerprint density at radius 1 is 1.33 bits per heavy atom. The first-order chi connectivity index (χ1) is 16.0. The van der Waals surface area contributed by atoms with Crippen LogP contribution in [0.3, 0.4) is 0 Å². The second kappa shape index (κ2) is 10.1. The fourth-order valence-corrected chi connectivity index (χ4v) is 4.92. The predicted molar refractivity (Wildman–Crippen MR) is 123 cm³/mol. The number of aryl methyl sites for hydroxylation is 2. The van der Waals surface area contributed by atoms with Gasteiger partial charge in [0, 0.05) is 32.7 Å². The van der Waals surface area contributed by atoms with Gasteiger partial charge in [0.1, 0.15) is 5.75 Å². The Labute approximate surface area is 198 Å². The molecule has 2 aromatic rings. The molecule has 0 atom stereocenters. The Morgan fingerprint density at radius 3 is 2.85 bits per heavy atom. The highest BCUT2D eigenvalue weighted by Gasteiger charge is 2.39. The standard InChI is InChI=1S/C24H30ClN3O5/c1-3-17-20-18(14-24(15-26-22(20)29)8-12-32-13-9-24)28(27-17)10-5-11-33-23(30)16-6-4-7-19(31-2)21(16)25/h4,6-7H,3,5,8-15H2,1-2H3,(H,26,29). The van der Waals surface area contributed by atoms with Gasteiger partial charge >= 0.3 is 5.97 Å². The van der Waals surface area contributed by atoms with E-state index in [1.54, 1.807) is 18.2 Å². The van der Waals surface area contributed by atoms with Crippen LogP contribution in [0.1, 0.15) is 58.3 Å². The van der Waals surface area contributed by atoms with Crippen LogP contribution in [0.2, 0.25) is 5.02 Å². The van der Waals surface area contributed by atoms with Crippen LogP contribution in [0.5, 0.6) is 5.75 Å². The number of nitrogens with zero attached hydrogens (tertiary/aromatic N) is 2. The summed E-state index contributed by atoms with van der Waals surface area (Å²) in [6.07, 6.45) is 3.87. The molecule has 178 valence electrons. The second-order valence-electron chi connectivity index (χ2n) is 8.63. The lowest BCUT2D eigenvalue weighted by atomic mass is 9.76.